The summed E-state index contributed by atoms with van der Waals surface area (Å²) < 4.78 is 21.1. The maximum Gasteiger partial charge on any atom is 0.172 e. The van der Waals surface area contributed by atoms with Gasteiger partial charge in [0, 0.05) is 21.9 Å². The summed E-state index contributed by atoms with van der Waals surface area (Å²) in [5.41, 5.74) is 0.221. The number of aliphatic hydroxyl groups is 1. The highest BCUT2D eigenvalue weighted by molar-refractivity contribution is 7.93. The zero-order valence-corrected chi connectivity index (χ0v) is 12.2. The molecular formula is C10H11Cl3O3S. The first kappa shape index (κ1) is 15.1. The van der Waals surface area contributed by atoms with E-state index >= 15 is 0 Å². The maximum absolute atomic E-state index is 11.5. The predicted octanol–water partition coefficient (Wildman–Crippen LogP) is 3.03. The van der Waals surface area contributed by atoms with Gasteiger partial charge in [-0.2, -0.15) is 0 Å². The van der Waals surface area contributed by atoms with Gasteiger partial charge in [0.25, 0.3) is 0 Å². The molecule has 0 amide bonds. The van der Waals surface area contributed by atoms with Crippen LogP contribution in [0.2, 0.25) is 10.0 Å². The van der Waals surface area contributed by atoms with Crippen LogP contribution < -0.4 is 0 Å². The highest BCUT2D eigenvalue weighted by Crippen LogP contribution is 2.39. The van der Waals surface area contributed by atoms with Gasteiger partial charge >= 0.3 is 0 Å². The van der Waals surface area contributed by atoms with Gasteiger partial charge < -0.3 is 5.11 Å². The summed E-state index contributed by atoms with van der Waals surface area (Å²) in [5, 5.41) is 10.6. The summed E-state index contributed by atoms with van der Waals surface area (Å²) in [7, 11) is -3.65. The molecule has 96 valence electrons. The highest BCUT2D eigenvalue weighted by atomic mass is 35.5. The number of halogens is 3. The van der Waals surface area contributed by atoms with Crippen molar-refractivity contribution in [2.75, 3.05) is 6.26 Å². The van der Waals surface area contributed by atoms with Crippen molar-refractivity contribution in [3.8, 4) is 0 Å². The Morgan fingerprint density at radius 3 is 2.29 bits per heavy atom. The molecule has 17 heavy (non-hydrogen) atoms. The van der Waals surface area contributed by atoms with Crippen molar-refractivity contribution in [1.29, 1.82) is 0 Å². The molecule has 1 aromatic rings. The summed E-state index contributed by atoms with van der Waals surface area (Å²) in [6.45, 7) is 1.22. The lowest BCUT2D eigenvalue weighted by molar-refractivity contribution is 0.163. The molecule has 7 heteroatoms. The average molecular weight is 318 g/mol. The first-order chi connectivity index (χ1) is 7.57. The SMILES string of the molecule is C[C@](Cl)([C@@H](O)c1ccc(Cl)cc1Cl)S(C)(=O)=O. The van der Waals surface area contributed by atoms with Crippen LogP contribution in [0.4, 0.5) is 0 Å². The zero-order valence-electron chi connectivity index (χ0n) is 9.12. The molecular weight excluding hydrogens is 307 g/mol. The van der Waals surface area contributed by atoms with Gasteiger partial charge in [-0.05, 0) is 19.1 Å². The second-order valence-corrected chi connectivity index (χ2v) is 8.07. The van der Waals surface area contributed by atoms with Crippen molar-refractivity contribution in [3.63, 3.8) is 0 Å². The van der Waals surface area contributed by atoms with Gasteiger partial charge in [0.05, 0.1) is 0 Å². The van der Waals surface area contributed by atoms with Gasteiger partial charge in [-0.15, -0.1) is 0 Å². The van der Waals surface area contributed by atoms with Crippen LogP contribution in [0.25, 0.3) is 0 Å². The Kier molecular flexibility index (Phi) is 4.37. The van der Waals surface area contributed by atoms with Gasteiger partial charge in [0.1, 0.15) is 6.10 Å². The third-order valence-corrected chi connectivity index (χ3v) is 5.75. The lowest BCUT2D eigenvalue weighted by atomic mass is 10.1. The van der Waals surface area contributed by atoms with Crippen molar-refractivity contribution in [2.45, 2.75) is 17.2 Å². The minimum absolute atomic E-state index is 0.167. The number of sulfone groups is 1. The van der Waals surface area contributed by atoms with Crippen molar-refractivity contribution in [3.05, 3.63) is 33.8 Å². The van der Waals surface area contributed by atoms with Crippen LogP contribution >= 0.6 is 34.8 Å². The molecule has 0 saturated heterocycles. The van der Waals surface area contributed by atoms with Gasteiger partial charge in [-0.25, -0.2) is 8.42 Å². The molecule has 0 bridgehead atoms. The molecule has 0 saturated carbocycles. The molecule has 0 aliphatic rings. The van der Waals surface area contributed by atoms with E-state index in [4.69, 9.17) is 34.8 Å². The molecule has 0 spiro atoms. The molecule has 1 aromatic carbocycles. The highest BCUT2D eigenvalue weighted by Gasteiger charge is 2.42. The smallest absolute Gasteiger partial charge is 0.172 e. The Morgan fingerprint density at radius 1 is 1.35 bits per heavy atom. The number of rotatable bonds is 3. The van der Waals surface area contributed by atoms with E-state index < -0.39 is 20.1 Å². The van der Waals surface area contributed by atoms with Crippen LogP contribution in [0.15, 0.2) is 18.2 Å². The topological polar surface area (TPSA) is 54.4 Å². The Balaban J connectivity index is 3.26. The van der Waals surface area contributed by atoms with E-state index in [1.165, 1.54) is 25.1 Å². The first-order valence-corrected chi connectivity index (χ1v) is 7.61. The molecule has 0 heterocycles. The Bertz CT molecular complexity index is 526. The normalized spacial score (nSPS) is 17.5. The molecule has 0 radical (unpaired) electrons. The molecule has 0 unspecified atom stereocenters. The number of alkyl halides is 1. The van der Waals surface area contributed by atoms with E-state index in [9.17, 15) is 13.5 Å². The fourth-order valence-corrected chi connectivity index (χ4v) is 2.37. The van der Waals surface area contributed by atoms with Gasteiger partial charge in [-0.3, -0.25) is 0 Å². The van der Waals surface area contributed by atoms with E-state index in [1.54, 1.807) is 0 Å². The molecule has 3 nitrogen and oxygen atoms in total. The molecule has 0 aliphatic heterocycles. The Labute approximate surface area is 115 Å². The van der Waals surface area contributed by atoms with Crippen molar-refractivity contribution in [2.24, 2.45) is 0 Å². The van der Waals surface area contributed by atoms with Gasteiger partial charge in [0.2, 0.25) is 0 Å². The predicted molar refractivity (Wildman–Crippen MR) is 70.5 cm³/mol. The second-order valence-electron chi connectivity index (χ2n) is 3.83. The molecule has 0 aromatic heterocycles. The second kappa shape index (κ2) is 4.94. The summed E-state index contributed by atoms with van der Waals surface area (Å²) in [5.74, 6) is 0. The summed E-state index contributed by atoms with van der Waals surface area (Å²) >= 11 is 17.5. The summed E-state index contributed by atoms with van der Waals surface area (Å²) in [6, 6.07) is 4.36. The summed E-state index contributed by atoms with van der Waals surface area (Å²) in [6.07, 6.45) is -0.489. The lowest BCUT2D eigenvalue weighted by Gasteiger charge is -2.27. The lowest BCUT2D eigenvalue weighted by Crippen LogP contribution is -2.35. The van der Waals surface area contributed by atoms with E-state index in [2.05, 4.69) is 0 Å². The van der Waals surface area contributed by atoms with Crippen molar-refractivity contribution >= 4 is 44.6 Å². The third kappa shape index (κ3) is 3.06. The standard InChI is InChI=1S/C10H11Cl3O3S/c1-10(13,17(2,15)16)9(14)7-4-3-6(11)5-8(7)12/h3-5,9,14H,1-2H3/t9-,10+/m0/s1. The van der Waals surface area contributed by atoms with Crippen molar-refractivity contribution in [1.82, 2.24) is 0 Å². The van der Waals surface area contributed by atoms with Crippen LogP contribution in [0.5, 0.6) is 0 Å². The monoisotopic (exact) mass is 316 g/mol. The molecule has 0 fully saturated rings. The van der Waals surface area contributed by atoms with Crippen molar-refractivity contribution < 1.29 is 13.5 Å². The van der Waals surface area contributed by atoms with Crippen LogP contribution in [-0.4, -0.2) is 24.0 Å². The average Bonchev–Trinajstić information content (AvgIpc) is 2.14. The van der Waals surface area contributed by atoms with Crippen LogP contribution in [0.3, 0.4) is 0 Å². The number of hydrogen-bond donors (Lipinski definition) is 1. The van der Waals surface area contributed by atoms with E-state index in [-0.39, 0.29) is 10.6 Å². The van der Waals surface area contributed by atoms with E-state index in [0.717, 1.165) is 6.26 Å². The van der Waals surface area contributed by atoms with Crippen LogP contribution in [-0.2, 0) is 9.84 Å². The fraction of sp³-hybridized carbons (Fsp3) is 0.400. The molecule has 1 N–H and O–H groups in total. The van der Waals surface area contributed by atoms with Gasteiger partial charge in [0.15, 0.2) is 14.0 Å². The largest absolute Gasteiger partial charge is 0.385 e. The minimum atomic E-state index is -3.65. The Hall–Kier alpha value is -0.000000000000000111. The quantitative estimate of drug-likeness (QED) is 0.872. The maximum atomic E-state index is 11.5. The molecule has 2 atom stereocenters. The fourth-order valence-electron chi connectivity index (χ4n) is 1.20. The van der Waals surface area contributed by atoms with Crippen LogP contribution in [0.1, 0.15) is 18.6 Å². The van der Waals surface area contributed by atoms with E-state index in [1.807, 2.05) is 0 Å². The number of hydrogen-bond acceptors (Lipinski definition) is 3. The summed E-state index contributed by atoms with van der Waals surface area (Å²) in [4.78, 5) is 0. The van der Waals surface area contributed by atoms with Gasteiger partial charge in [-0.1, -0.05) is 40.9 Å². The minimum Gasteiger partial charge on any atom is -0.385 e. The van der Waals surface area contributed by atoms with E-state index in [0.29, 0.717) is 5.02 Å². The van der Waals surface area contributed by atoms with Crippen LogP contribution in [0, 0.1) is 0 Å². The molecule has 0 aliphatic carbocycles. The third-order valence-electron chi connectivity index (χ3n) is 2.47. The number of aliphatic hydroxyl groups excluding tert-OH is 1. The first-order valence-electron chi connectivity index (χ1n) is 4.59. The zero-order chi connectivity index (χ0) is 13.4. The molecule has 1 rings (SSSR count). The number of benzene rings is 1. The Morgan fingerprint density at radius 2 is 1.88 bits per heavy atom.